The average molecular weight is 288 g/mol. The molecule has 0 aromatic heterocycles. The fourth-order valence-electron chi connectivity index (χ4n) is 1.85. The number of halogens is 2. The fourth-order valence-corrected chi connectivity index (χ4v) is 2.24. The largest absolute Gasteiger partial charge is 0.377 e. The lowest BCUT2D eigenvalue weighted by molar-refractivity contribution is 0.110. The van der Waals surface area contributed by atoms with Gasteiger partial charge in [-0.1, -0.05) is 15.9 Å². The Hall–Kier alpha value is -0.450. The molecule has 1 fully saturated rings. The number of benzene rings is 1. The lowest BCUT2D eigenvalue weighted by atomic mass is 10.2. The summed E-state index contributed by atoms with van der Waals surface area (Å²) < 4.78 is 19.4. The third-order valence-corrected chi connectivity index (χ3v) is 3.49. The molecule has 0 aliphatic carbocycles. The van der Waals surface area contributed by atoms with Crippen molar-refractivity contribution in [2.75, 3.05) is 13.2 Å². The van der Waals surface area contributed by atoms with Crippen molar-refractivity contribution in [1.82, 2.24) is 5.32 Å². The second kappa shape index (κ2) is 5.75. The van der Waals surface area contributed by atoms with Crippen LogP contribution >= 0.6 is 15.9 Å². The van der Waals surface area contributed by atoms with Gasteiger partial charge in [-0.2, -0.15) is 0 Å². The Labute approximate surface area is 103 Å². The molecule has 0 bridgehead atoms. The first kappa shape index (κ1) is 12.0. The number of hydrogen-bond donors (Lipinski definition) is 1. The van der Waals surface area contributed by atoms with E-state index in [2.05, 4.69) is 21.2 Å². The molecule has 1 N–H and O–H groups in total. The Morgan fingerprint density at radius 2 is 2.38 bits per heavy atom. The molecule has 16 heavy (non-hydrogen) atoms. The van der Waals surface area contributed by atoms with Gasteiger partial charge in [-0.15, -0.1) is 0 Å². The van der Waals surface area contributed by atoms with E-state index >= 15 is 0 Å². The summed E-state index contributed by atoms with van der Waals surface area (Å²) >= 11 is 3.41. The van der Waals surface area contributed by atoms with Crippen molar-refractivity contribution in [3.63, 3.8) is 0 Å². The molecule has 4 heteroatoms. The molecule has 1 heterocycles. The summed E-state index contributed by atoms with van der Waals surface area (Å²) in [5.74, 6) is -0.197. The standard InChI is InChI=1S/C12H15BrFNO/c13-12-4-3-10(14)6-9(12)7-15-8-11-2-1-5-16-11/h3-4,6,11,15H,1-2,5,7-8H2. The molecule has 1 aliphatic heterocycles. The fraction of sp³-hybridized carbons (Fsp3) is 0.500. The van der Waals surface area contributed by atoms with Crippen LogP contribution in [0, 0.1) is 5.82 Å². The molecule has 2 nitrogen and oxygen atoms in total. The van der Waals surface area contributed by atoms with Crippen LogP contribution in [0.4, 0.5) is 4.39 Å². The highest BCUT2D eigenvalue weighted by Crippen LogP contribution is 2.18. The van der Waals surface area contributed by atoms with Crippen molar-refractivity contribution in [2.24, 2.45) is 0 Å². The van der Waals surface area contributed by atoms with Gasteiger partial charge in [0.2, 0.25) is 0 Å². The summed E-state index contributed by atoms with van der Waals surface area (Å²) in [6.45, 7) is 2.37. The minimum atomic E-state index is -0.197. The summed E-state index contributed by atoms with van der Waals surface area (Å²) in [6.07, 6.45) is 2.60. The van der Waals surface area contributed by atoms with Gasteiger partial charge >= 0.3 is 0 Å². The third-order valence-electron chi connectivity index (χ3n) is 2.72. The molecule has 1 saturated heterocycles. The molecule has 1 aromatic carbocycles. The minimum absolute atomic E-state index is 0.197. The maximum atomic E-state index is 13.0. The van der Waals surface area contributed by atoms with E-state index in [0.717, 1.165) is 36.0 Å². The van der Waals surface area contributed by atoms with Gasteiger partial charge in [0.25, 0.3) is 0 Å². The summed E-state index contributed by atoms with van der Waals surface area (Å²) in [6, 6.07) is 4.73. The average Bonchev–Trinajstić information content (AvgIpc) is 2.76. The molecule has 1 aliphatic rings. The van der Waals surface area contributed by atoms with Gasteiger partial charge < -0.3 is 10.1 Å². The van der Waals surface area contributed by atoms with E-state index in [1.54, 1.807) is 12.1 Å². The van der Waals surface area contributed by atoms with Crippen LogP contribution < -0.4 is 5.32 Å². The molecular formula is C12H15BrFNO. The first-order valence-electron chi connectivity index (χ1n) is 5.52. The second-order valence-corrected chi connectivity index (χ2v) is 4.86. The van der Waals surface area contributed by atoms with Gasteiger partial charge in [-0.05, 0) is 36.6 Å². The maximum absolute atomic E-state index is 13.0. The van der Waals surface area contributed by atoms with Crippen LogP contribution in [0.5, 0.6) is 0 Å². The lowest BCUT2D eigenvalue weighted by Gasteiger charge is -2.11. The zero-order valence-electron chi connectivity index (χ0n) is 9.01. The smallest absolute Gasteiger partial charge is 0.123 e. The highest BCUT2D eigenvalue weighted by molar-refractivity contribution is 9.10. The molecule has 1 unspecified atom stereocenters. The van der Waals surface area contributed by atoms with Crippen molar-refractivity contribution in [3.8, 4) is 0 Å². The van der Waals surface area contributed by atoms with E-state index < -0.39 is 0 Å². The Kier molecular flexibility index (Phi) is 4.32. The van der Waals surface area contributed by atoms with Crippen LogP contribution in [0.1, 0.15) is 18.4 Å². The van der Waals surface area contributed by atoms with Crippen LogP contribution in [0.25, 0.3) is 0 Å². The summed E-state index contributed by atoms with van der Waals surface area (Å²) in [7, 11) is 0. The van der Waals surface area contributed by atoms with E-state index in [1.807, 2.05) is 0 Å². The van der Waals surface area contributed by atoms with Crippen molar-refractivity contribution in [1.29, 1.82) is 0 Å². The van der Waals surface area contributed by atoms with Crippen LogP contribution in [0.15, 0.2) is 22.7 Å². The highest BCUT2D eigenvalue weighted by atomic mass is 79.9. The number of hydrogen-bond acceptors (Lipinski definition) is 2. The first-order chi connectivity index (χ1) is 7.75. The quantitative estimate of drug-likeness (QED) is 0.920. The summed E-state index contributed by atoms with van der Waals surface area (Å²) in [5.41, 5.74) is 0.943. The molecule has 0 amide bonds. The lowest BCUT2D eigenvalue weighted by Crippen LogP contribution is -2.25. The number of rotatable bonds is 4. The number of nitrogens with one attached hydrogen (secondary N) is 1. The normalized spacial score (nSPS) is 20.2. The van der Waals surface area contributed by atoms with Gasteiger partial charge in [0.1, 0.15) is 5.82 Å². The molecule has 88 valence electrons. The first-order valence-corrected chi connectivity index (χ1v) is 6.31. The molecular weight excluding hydrogens is 273 g/mol. The molecule has 1 aromatic rings. The molecule has 0 saturated carbocycles. The topological polar surface area (TPSA) is 21.3 Å². The van der Waals surface area contributed by atoms with E-state index in [4.69, 9.17) is 4.74 Å². The van der Waals surface area contributed by atoms with Crippen molar-refractivity contribution in [2.45, 2.75) is 25.5 Å². The van der Waals surface area contributed by atoms with Gasteiger partial charge in [-0.25, -0.2) is 4.39 Å². The zero-order chi connectivity index (χ0) is 11.4. The SMILES string of the molecule is Fc1ccc(Br)c(CNCC2CCCO2)c1. The monoisotopic (exact) mass is 287 g/mol. The van der Waals surface area contributed by atoms with Crippen LogP contribution in [-0.4, -0.2) is 19.3 Å². The minimum Gasteiger partial charge on any atom is -0.377 e. The molecule has 2 rings (SSSR count). The van der Waals surface area contributed by atoms with Crippen LogP contribution in [-0.2, 0) is 11.3 Å². The predicted molar refractivity (Wildman–Crippen MR) is 64.8 cm³/mol. The molecule has 0 radical (unpaired) electrons. The van der Waals surface area contributed by atoms with E-state index in [1.165, 1.54) is 6.07 Å². The van der Waals surface area contributed by atoms with Gasteiger partial charge in [0.15, 0.2) is 0 Å². The Balaban J connectivity index is 1.82. The van der Waals surface area contributed by atoms with Gasteiger partial charge in [-0.3, -0.25) is 0 Å². The van der Waals surface area contributed by atoms with Crippen LogP contribution in [0.3, 0.4) is 0 Å². The highest BCUT2D eigenvalue weighted by Gasteiger charge is 2.14. The Morgan fingerprint density at radius 1 is 1.50 bits per heavy atom. The van der Waals surface area contributed by atoms with E-state index in [9.17, 15) is 4.39 Å². The van der Waals surface area contributed by atoms with Crippen molar-refractivity contribution in [3.05, 3.63) is 34.1 Å². The second-order valence-electron chi connectivity index (χ2n) is 4.00. The Morgan fingerprint density at radius 3 is 3.12 bits per heavy atom. The Bertz CT molecular complexity index is 353. The zero-order valence-corrected chi connectivity index (χ0v) is 10.6. The third kappa shape index (κ3) is 3.27. The van der Waals surface area contributed by atoms with E-state index in [0.29, 0.717) is 12.6 Å². The van der Waals surface area contributed by atoms with Gasteiger partial charge in [0.05, 0.1) is 6.10 Å². The molecule has 0 spiro atoms. The maximum Gasteiger partial charge on any atom is 0.123 e. The van der Waals surface area contributed by atoms with Crippen molar-refractivity contribution >= 4 is 15.9 Å². The van der Waals surface area contributed by atoms with Gasteiger partial charge in [0, 0.05) is 24.2 Å². The molecule has 1 atom stereocenters. The number of ether oxygens (including phenoxy) is 1. The summed E-state index contributed by atoms with van der Waals surface area (Å²) in [5, 5.41) is 3.29. The summed E-state index contributed by atoms with van der Waals surface area (Å²) in [4.78, 5) is 0. The predicted octanol–water partition coefficient (Wildman–Crippen LogP) is 2.86. The van der Waals surface area contributed by atoms with E-state index in [-0.39, 0.29) is 5.82 Å². The van der Waals surface area contributed by atoms with Crippen molar-refractivity contribution < 1.29 is 9.13 Å². The van der Waals surface area contributed by atoms with Crippen LogP contribution in [0.2, 0.25) is 0 Å².